The van der Waals surface area contributed by atoms with Gasteiger partial charge in [0.05, 0.1) is 0 Å². The number of benzene rings is 1. The number of fused-ring (bicyclic) bond motifs is 1. The monoisotopic (exact) mass is 300 g/mol. The summed E-state index contributed by atoms with van der Waals surface area (Å²) in [5.41, 5.74) is 3.40. The molecule has 1 heterocycles. The molecule has 0 aliphatic heterocycles. The van der Waals surface area contributed by atoms with E-state index in [4.69, 9.17) is 0 Å². The zero-order chi connectivity index (χ0) is 16.5. The van der Waals surface area contributed by atoms with Crippen LogP contribution in [-0.4, -0.2) is 16.4 Å². The molecule has 2 rings (SSSR count). The van der Waals surface area contributed by atoms with Gasteiger partial charge in [-0.1, -0.05) is 6.07 Å². The van der Waals surface area contributed by atoms with Crippen molar-refractivity contribution in [1.29, 1.82) is 0 Å². The van der Waals surface area contributed by atoms with Crippen molar-refractivity contribution in [2.24, 2.45) is 0 Å². The summed E-state index contributed by atoms with van der Waals surface area (Å²) in [5, 5.41) is 3.95. The molecular formula is C18H24N2O2. The topological polar surface area (TPSA) is 62.0 Å². The maximum Gasteiger partial charge on any atom is 0.251 e. The van der Waals surface area contributed by atoms with Gasteiger partial charge >= 0.3 is 0 Å². The molecule has 0 spiro atoms. The van der Waals surface area contributed by atoms with Crippen molar-refractivity contribution in [2.45, 2.75) is 53.0 Å². The fraction of sp³-hybridized carbons (Fsp3) is 0.444. The van der Waals surface area contributed by atoms with Crippen LogP contribution >= 0.6 is 0 Å². The Bertz CT molecular complexity index is 767. The largest absolute Gasteiger partial charge is 0.351 e. The lowest BCUT2D eigenvalue weighted by molar-refractivity contribution is -0.122. The first-order valence-electron chi connectivity index (χ1n) is 7.60. The highest BCUT2D eigenvalue weighted by atomic mass is 16.1. The average Bonchev–Trinajstić information content (AvgIpc) is 2.34. The fourth-order valence-corrected chi connectivity index (χ4v) is 2.63. The summed E-state index contributed by atoms with van der Waals surface area (Å²) in [6.07, 6.45) is 0.761. The number of hydrogen-bond acceptors (Lipinski definition) is 2. The van der Waals surface area contributed by atoms with E-state index >= 15 is 0 Å². The molecule has 1 amide bonds. The Hall–Kier alpha value is -2.10. The van der Waals surface area contributed by atoms with Crippen molar-refractivity contribution >= 4 is 16.8 Å². The third-order valence-electron chi connectivity index (χ3n) is 3.53. The Morgan fingerprint density at radius 1 is 1.18 bits per heavy atom. The molecule has 0 aliphatic carbocycles. The number of nitrogens with one attached hydrogen (secondary N) is 2. The number of aryl methyl sites for hydroxylation is 3. The van der Waals surface area contributed by atoms with Crippen LogP contribution in [0.15, 0.2) is 23.0 Å². The first kappa shape index (κ1) is 16.3. The second-order valence-corrected chi connectivity index (χ2v) is 6.96. The molecule has 0 atom stereocenters. The van der Waals surface area contributed by atoms with Gasteiger partial charge in [0, 0.05) is 28.4 Å². The zero-order valence-corrected chi connectivity index (χ0v) is 14.0. The third-order valence-corrected chi connectivity index (χ3v) is 3.53. The number of pyridine rings is 1. The quantitative estimate of drug-likeness (QED) is 0.915. The number of hydrogen-bond donors (Lipinski definition) is 2. The number of aromatic nitrogens is 1. The Kier molecular flexibility index (Phi) is 4.40. The van der Waals surface area contributed by atoms with Gasteiger partial charge in [-0.2, -0.15) is 0 Å². The lowest BCUT2D eigenvalue weighted by Crippen LogP contribution is -2.40. The summed E-state index contributed by atoms with van der Waals surface area (Å²) >= 11 is 0. The molecule has 0 radical (unpaired) electrons. The molecule has 0 saturated carbocycles. The van der Waals surface area contributed by atoms with Gasteiger partial charge in [0.2, 0.25) is 5.91 Å². The van der Waals surface area contributed by atoms with Gasteiger partial charge in [-0.25, -0.2) is 0 Å². The van der Waals surface area contributed by atoms with E-state index in [1.165, 1.54) is 0 Å². The van der Waals surface area contributed by atoms with E-state index in [1.807, 2.05) is 46.8 Å². The van der Waals surface area contributed by atoms with Gasteiger partial charge in [0.1, 0.15) is 0 Å². The maximum atomic E-state index is 12.2. The molecule has 1 aromatic carbocycles. The van der Waals surface area contributed by atoms with Crippen molar-refractivity contribution < 1.29 is 4.79 Å². The van der Waals surface area contributed by atoms with Crippen LogP contribution in [-0.2, 0) is 11.2 Å². The summed E-state index contributed by atoms with van der Waals surface area (Å²) in [7, 11) is 0. The van der Waals surface area contributed by atoms with Crippen molar-refractivity contribution in [3.05, 3.63) is 45.2 Å². The molecule has 118 valence electrons. The minimum Gasteiger partial charge on any atom is -0.351 e. The third kappa shape index (κ3) is 3.97. The van der Waals surface area contributed by atoms with Crippen molar-refractivity contribution in [3.63, 3.8) is 0 Å². The standard InChI is InChI=1S/C18H24N2O2/c1-11-8-12(2)14-10-13(17(22)19-15(14)9-11)6-7-16(21)20-18(3,4)5/h8-10H,6-7H2,1-5H3,(H,19,22)(H,20,21). The summed E-state index contributed by atoms with van der Waals surface area (Å²) in [6.45, 7) is 9.87. The van der Waals surface area contributed by atoms with Crippen LogP contribution in [0, 0.1) is 13.8 Å². The van der Waals surface area contributed by atoms with E-state index in [9.17, 15) is 9.59 Å². The minimum atomic E-state index is -0.249. The normalized spacial score (nSPS) is 11.7. The molecule has 0 saturated heterocycles. The van der Waals surface area contributed by atoms with Crippen LogP contribution in [0.5, 0.6) is 0 Å². The van der Waals surface area contributed by atoms with Gasteiger partial charge in [-0.15, -0.1) is 0 Å². The Morgan fingerprint density at radius 2 is 1.86 bits per heavy atom. The lowest BCUT2D eigenvalue weighted by atomic mass is 10.0. The van der Waals surface area contributed by atoms with Gasteiger partial charge in [0.15, 0.2) is 0 Å². The summed E-state index contributed by atoms with van der Waals surface area (Å²) in [5.74, 6) is -0.0346. The van der Waals surface area contributed by atoms with E-state index in [-0.39, 0.29) is 17.0 Å². The summed E-state index contributed by atoms with van der Waals surface area (Å²) < 4.78 is 0. The van der Waals surface area contributed by atoms with E-state index in [1.54, 1.807) is 0 Å². The molecule has 22 heavy (non-hydrogen) atoms. The fourth-order valence-electron chi connectivity index (χ4n) is 2.63. The molecule has 1 aromatic heterocycles. The highest BCUT2D eigenvalue weighted by molar-refractivity contribution is 5.83. The predicted octanol–water partition coefficient (Wildman–Crippen LogP) is 2.99. The van der Waals surface area contributed by atoms with Crippen LogP contribution in [0.3, 0.4) is 0 Å². The molecule has 0 unspecified atom stereocenters. The van der Waals surface area contributed by atoms with E-state index < -0.39 is 0 Å². The number of rotatable bonds is 3. The second kappa shape index (κ2) is 5.95. The smallest absolute Gasteiger partial charge is 0.251 e. The number of carbonyl (C=O) groups is 1. The summed E-state index contributed by atoms with van der Waals surface area (Å²) in [6, 6.07) is 5.98. The van der Waals surface area contributed by atoms with E-state index in [0.29, 0.717) is 18.4 Å². The van der Waals surface area contributed by atoms with Crippen LogP contribution in [0.1, 0.15) is 43.9 Å². The van der Waals surface area contributed by atoms with Crippen molar-refractivity contribution in [1.82, 2.24) is 10.3 Å². The molecule has 2 N–H and O–H groups in total. The van der Waals surface area contributed by atoms with Crippen molar-refractivity contribution in [2.75, 3.05) is 0 Å². The average molecular weight is 300 g/mol. The van der Waals surface area contributed by atoms with Crippen LogP contribution in [0.4, 0.5) is 0 Å². The maximum absolute atomic E-state index is 12.2. The van der Waals surface area contributed by atoms with Gasteiger partial charge in [-0.3, -0.25) is 9.59 Å². The van der Waals surface area contributed by atoms with Gasteiger partial charge < -0.3 is 10.3 Å². The van der Waals surface area contributed by atoms with Gasteiger partial charge in [0.25, 0.3) is 5.56 Å². The molecule has 4 heteroatoms. The second-order valence-electron chi connectivity index (χ2n) is 6.96. The highest BCUT2D eigenvalue weighted by Gasteiger charge is 2.14. The number of amides is 1. The van der Waals surface area contributed by atoms with Gasteiger partial charge in [-0.05, 0) is 64.3 Å². The molecule has 4 nitrogen and oxygen atoms in total. The number of carbonyl (C=O) groups excluding carboxylic acids is 1. The molecule has 0 bridgehead atoms. The molecule has 2 aromatic rings. The highest BCUT2D eigenvalue weighted by Crippen LogP contribution is 2.18. The van der Waals surface area contributed by atoms with Crippen LogP contribution < -0.4 is 10.9 Å². The van der Waals surface area contributed by atoms with Crippen LogP contribution in [0.25, 0.3) is 10.9 Å². The predicted molar refractivity (Wildman–Crippen MR) is 90.3 cm³/mol. The number of aromatic amines is 1. The van der Waals surface area contributed by atoms with E-state index in [0.717, 1.165) is 22.0 Å². The first-order valence-corrected chi connectivity index (χ1v) is 7.60. The Morgan fingerprint density at radius 3 is 2.50 bits per heavy atom. The molecule has 0 fully saturated rings. The lowest BCUT2D eigenvalue weighted by Gasteiger charge is -2.20. The van der Waals surface area contributed by atoms with E-state index in [2.05, 4.69) is 16.4 Å². The first-order chi connectivity index (χ1) is 10.2. The van der Waals surface area contributed by atoms with Crippen molar-refractivity contribution in [3.8, 4) is 0 Å². The minimum absolute atomic E-state index is 0.0346. The Balaban J connectivity index is 2.24. The SMILES string of the molecule is Cc1cc(C)c2cc(CCC(=O)NC(C)(C)C)c(=O)[nH]c2c1. The zero-order valence-electron chi connectivity index (χ0n) is 14.0. The molecular weight excluding hydrogens is 276 g/mol. The summed E-state index contributed by atoms with van der Waals surface area (Å²) in [4.78, 5) is 27.0. The number of H-pyrrole nitrogens is 1. The van der Waals surface area contributed by atoms with Crippen LogP contribution in [0.2, 0.25) is 0 Å². The Labute approximate surface area is 130 Å². The molecule has 0 aliphatic rings.